The van der Waals surface area contributed by atoms with Gasteiger partial charge in [-0.3, -0.25) is 4.79 Å². The molecular weight excluding hydrogens is 1240 g/mol. The van der Waals surface area contributed by atoms with Gasteiger partial charge in [0.05, 0.1) is 38.6 Å². The highest BCUT2D eigenvalue weighted by Gasteiger charge is 2.53. The maximum atomic E-state index is 13.5. The summed E-state index contributed by atoms with van der Waals surface area (Å²) in [5.74, 6) is -0.272. The molecule has 0 spiro atoms. The van der Waals surface area contributed by atoms with Gasteiger partial charge in [-0.1, -0.05) is 293 Å². The number of hydrogen-bond donors (Lipinski definition) is 12. The molecule has 0 aromatic heterocycles. The Kier molecular flexibility index (Phi) is 53.9. The molecule has 0 aromatic rings. The van der Waals surface area contributed by atoms with Gasteiger partial charge in [-0.15, -0.1) is 0 Å². The van der Waals surface area contributed by atoms with Crippen molar-refractivity contribution in [3.63, 3.8) is 0 Å². The predicted octanol–water partition coefficient (Wildman–Crippen LogP) is 12.3. The van der Waals surface area contributed by atoms with Crippen molar-refractivity contribution in [3.8, 4) is 0 Å². The summed E-state index contributed by atoms with van der Waals surface area (Å²) in [6.07, 6.45) is 47.7. The fourth-order valence-electron chi connectivity index (χ4n) is 13.1. The first-order chi connectivity index (χ1) is 47.3. The average molecular weight is 1380 g/mol. The Balaban J connectivity index is 1.37. The van der Waals surface area contributed by atoms with Gasteiger partial charge in [-0.05, 0) is 57.8 Å². The van der Waals surface area contributed by atoms with Crippen molar-refractivity contribution >= 4 is 5.91 Å². The van der Waals surface area contributed by atoms with Crippen molar-refractivity contribution in [2.75, 3.05) is 26.4 Å². The summed E-state index contributed by atoms with van der Waals surface area (Å²) in [7, 11) is 0. The van der Waals surface area contributed by atoms with Gasteiger partial charge in [-0.25, -0.2) is 0 Å². The summed E-state index contributed by atoms with van der Waals surface area (Å²) in [5, 5.41) is 121. The summed E-state index contributed by atoms with van der Waals surface area (Å²) in [4.78, 5) is 13.5. The SMILES string of the molecule is CC/C=C\C/C=C\C/C=C\C/C=C\CCCCCCCCCCCCCCCCCCCCC(=O)NC(COC1OC(CO)C(OC2OC(CO)C(OC3OC(CO)C(O)C(O)C3O)C(O)C2O)C(O)C1O)C(O)/C=C/CCCCCCCCCCCCCCCCCCCCC. The second kappa shape index (κ2) is 58.9. The first kappa shape index (κ1) is 88.7. The van der Waals surface area contributed by atoms with Gasteiger partial charge in [0.25, 0.3) is 0 Å². The van der Waals surface area contributed by atoms with Crippen LogP contribution in [-0.2, 0) is 33.2 Å². The normalized spacial score (nSPS) is 27.2. The van der Waals surface area contributed by atoms with Gasteiger partial charge in [0.1, 0.15) is 73.2 Å². The number of allylic oxidation sites excluding steroid dienone is 9. The van der Waals surface area contributed by atoms with E-state index in [1.54, 1.807) is 6.08 Å². The van der Waals surface area contributed by atoms with Crippen molar-refractivity contribution in [3.05, 3.63) is 60.8 Å². The van der Waals surface area contributed by atoms with Crippen molar-refractivity contribution in [1.82, 2.24) is 5.32 Å². The Bertz CT molecular complexity index is 1990. The van der Waals surface area contributed by atoms with Crippen LogP contribution in [0.5, 0.6) is 0 Å². The van der Waals surface area contributed by atoms with Crippen LogP contribution in [0.15, 0.2) is 60.8 Å². The standard InChI is InChI=1S/C78H141NO18/c1-3-5-7-9-11-13-15-17-19-21-23-25-26-27-28-29-30-31-32-33-34-36-38-40-42-44-46-48-50-52-54-56-66(84)79-61(62(83)55-53-51-49-47-45-43-41-39-37-35-24-22-20-18-16-14-12-10-8-6-4-2)60-92-76-72(90)69(87)74(64(58-81)94-76)97-78-73(91)70(88)75(65(59-82)95-78)96-77-71(89)68(86)67(85)63(57-80)93-77/h5,7,11,13,17,19,23,25,53,55,61-65,67-78,80-83,85-91H,3-4,6,8-10,12,14-16,18,20-22,24,26-52,54,56-60H2,1-2H3,(H,79,84)/b7-5-,13-11-,19-17-,25-23-,55-53+. The highest BCUT2D eigenvalue weighted by molar-refractivity contribution is 5.76. The number of rotatable bonds is 61. The van der Waals surface area contributed by atoms with Crippen LogP contribution in [0.25, 0.3) is 0 Å². The zero-order chi connectivity index (χ0) is 70.4. The van der Waals surface area contributed by atoms with Crippen LogP contribution in [-0.4, -0.2) is 193 Å². The monoisotopic (exact) mass is 1380 g/mol. The van der Waals surface area contributed by atoms with E-state index in [2.05, 4.69) is 67.8 Å². The molecule has 3 saturated heterocycles. The molecule has 0 aromatic carbocycles. The molecule has 0 radical (unpaired) electrons. The number of amides is 1. The third kappa shape index (κ3) is 39.6. The quantitative estimate of drug-likeness (QED) is 0.0199. The third-order valence-corrected chi connectivity index (χ3v) is 19.3. The Morgan fingerprint density at radius 3 is 1.11 bits per heavy atom. The number of aliphatic hydroxyl groups is 11. The largest absolute Gasteiger partial charge is 0.394 e. The van der Waals surface area contributed by atoms with Gasteiger partial charge < -0.3 is 89.9 Å². The number of nitrogens with one attached hydrogen (secondary N) is 1. The highest BCUT2D eigenvalue weighted by Crippen LogP contribution is 2.33. The second-order valence-corrected chi connectivity index (χ2v) is 27.8. The molecule has 19 heteroatoms. The maximum Gasteiger partial charge on any atom is 0.220 e. The van der Waals surface area contributed by atoms with E-state index < -0.39 is 124 Å². The van der Waals surface area contributed by atoms with Crippen molar-refractivity contribution in [2.45, 2.75) is 401 Å². The lowest BCUT2D eigenvalue weighted by molar-refractivity contribution is -0.379. The molecule has 0 saturated carbocycles. The number of carbonyl (C=O) groups excluding carboxylic acids is 1. The first-order valence-electron chi connectivity index (χ1n) is 39.0. The topological polar surface area (TPSA) is 307 Å². The summed E-state index contributed by atoms with van der Waals surface area (Å²) >= 11 is 0. The Hall–Kier alpha value is -2.51. The Morgan fingerprint density at radius 2 is 0.711 bits per heavy atom. The molecule has 3 aliphatic rings. The van der Waals surface area contributed by atoms with E-state index in [9.17, 15) is 61.0 Å². The summed E-state index contributed by atoms with van der Waals surface area (Å²) in [6, 6.07) is -0.975. The second-order valence-electron chi connectivity index (χ2n) is 27.8. The Morgan fingerprint density at radius 1 is 0.381 bits per heavy atom. The minimum Gasteiger partial charge on any atom is -0.394 e. The van der Waals surface area contributed by atoms with Crippen molar-refractivity contribution in [1.29, 1.82) is 0 Å². The Labute approximate surface area is 586 Å². The summed E-state index contributed by atoms with van der Waals surface area (Å²) in [5.41, 5.74) is 0. The van der Waals surface area contributed by atoms with Crippen LogP contribution < -0.4 is 5.32 Å². The number of unbranched alkanes of at least 4 members (excludes halogenated alkanes) is 37. The van der Waals surface area contributed by atoms with Gasteiger partial charge in [0, 0.05) is 6.42 Å². The van der Waals surface area contributed by atoms with Crippen LogP contribution in [0.1, 0.15) is 296 Å². The molecule has 97 heavy (non-hydrogen) atoms. The molecular formula is C78H141NO18. The fourth-order valence-corrected chi connectivity index (χ4v) is 13.1. The van der Waals surface area contributed by atoms with Crippen LogP contribution in [0.3, 0.4) is 0 Å². The van der Waals surface area contributed by atoms with Gasteiger partial charge in [0.15, 0.2) is 18.9 Å². The predicted molar refractivity (Wildman–Crippen MR) is 383 cm³/mol. The highest BCUT2D eigenvalue weighted by atomic mass is 16.8. The number of aliphatic hydroxyl groups excluding tert-OH is 11. The van der Waals surface area contributed by atoms with Gasteiger partial charge in [-0.2, -0.15) is 0 Å². The molecule has 566 valence electrons. The van der Waals surface area contributed by atoms with E-state index in [-0.39, 0.29) is 18.9 Å². The molecule has 3 fully saturated rings. The lowest BCUT2D eigenvalue weighted by Crippen LogP contribution is -2.66. The van der Waals surface area contributed by atoms with Crippen LogP contribution in [0.2, 0.25) is 0 Å². The molecule has 12 N–H and O–H groups in total. The summed E-state index contributed by atoms with van der Waals surface area (Å²) < 4.78 is 34.4. The summed E-state index contributed by atoms with van der Waals surface area (Å²) in [6.45, 7) is 1.66. The van der Waals surface area contributed by atoms with E-state index in [1.165, 1.54) is 199 Å². The molecule has 3 rings (SSSR count). The van der Waals surface area contributed by atoms with E-state index in [0.717, 1.165) is 70.6 Å². The molecule has 3 heterocycles. The lowest BCUT2D eigenvalue weighted by atomic mass is 9.96. The molecule has 1 amide bonds. The third-order valence-electron chi connectivity index (χ3n) is 19.3. The van der Waals surface area contributed by atoms with E-state index >= 15 is 0 Å². The minimum atomic E-state index is -1.98. The minimum absolute atomic E-state index is 0.244. The zero-order valence-electron chi connectivity index (χ0n) is 60.3. The molecule has 3 aliphatic heterocycles. The zero-order valence-corrected chi connectivity index (χ0v) is 60.3. The van der Waals surface area contributed by atoms with Gasteiger partial charge in [0.2, 0.25) is 5.91 Å². The van der Waals surface area contributed by atoms with Crippen LogP contribution in [0.4, 0.5) is 0 Å². The molecule has 17 atom stereocenters. The van der Waals surface area contributed by atoms with E-state index in [0.29, 0.717) is 6.42 Å². The first-order valence-corrected chi connectivity index (χ1v) is 39.0. The maximum absolute atomic E-state index is 13.5. The van der Waals surface area contributed by atoms with Crippen LogP contribution >= 0.6 is 0 Å². The van der Waals surface area contributed by atoms with Crippen molar-refractivity contribution in [2.24, 2.45) is 0 Å². The average Bonchev–Trinajstić information content (AvgIpc) is 0.798. The smallest absolute Gasteiger partial charge is 0.220 e. The van der Waals surface area contributed by atoms with E-state index in [4.69, 9.17) is 28.4 Å². The number of ether oxygens (including phenoxy) is 6. The number of carbonyl (C=O) groups is 1. The van der Waals surface area contributed by atoms with Crippen LogP contribution in [0, 0.1) is 0 Å². The molecule has 0 bridgehead atoms. The van der Waals surface area contributed by atoms with Crippen molar-refractivity contribution < 1.29 is 89.4 Å². The number of hydrogen-bond acceptors (Lipinski definition) is 18. The molecule has 19 nitrogen and oxygen atoms in total. The fraction of sp³-hybridized carbons (Fsp3) is 0.859. The van der Waals surface area contributed by atoms with Gasteiger partial charge >= 0.3 is 0 Å². The molecule has 0 aliphatic carbocycles. The molecule has 17 unspecified atom stereocenters. The lowest BCUT2D eigenvalue weighted by Gasteiger charge is -2.48. The van der Waals surface area contributed by atoms with E-state index in [1.807, 2.05) is 6.08 Å².